The molecule has 0 saturated heterocycles. The molecule has 1 aliphatic rings. The molecular formula is C13H16. The fourth-order valence-corrected chi connectivity index (χ4v) is 1.73. The molecule has 0 saturated carbocycles. The molecule has 0 fully saturated rings. The third-order valence-corrected chi connectivity index (χ3v) is 2.68. The van der Waals surface area contributed by atoms with Gasteiger partial charge < -0.3 is 0 Å². The van der Waals surface area contributed by atoms with Crippen molar-refractivity contribution >= 4 is 0 Å². The summed E-state index contributed by atoms with van der Waals surface area (Å²) in [5.41, 5.74) is 4.63. The molecule has 1 atom stereocenters. The summed E-state index contributed by atoms with van der Waals surface area (Å²) in [6.07, 6.45) is 4.79. The molecule has 68 valence electrons. The second-order valence-corrected chi connectivity index (χ2v) is 3.41. The highest BCUT2D eigenvalue weighted by Crippen LogP contribution is 2.36. The summed E-state index contributed by atoms with van der Waals surface area (Å²) < 4.78 is 0. The predicted molar refractivity (Wildman–Crippen MR) is 59.5 cm³/mol. The molecule has 0 amide bonds. The SMILES string of the molecule is C=CC1=C(C)C(=C)C(=C)CC1C=C. The molecule has 1 unspecified atom stereocenters. The van der Waals surface area contributed by atoms with Crippen molar-refractivity contribution in [3.05, 3.63) is 60.8 Å². The highest BCUT2D eigenvalue weighted by Gasteiger charge is 2.20. The van der Waals surface area contributed by atoms with E-state index in [1.165, 1.54) is 11.1 Å². The van der Waals surface area contributed by atoms with Crippen LogP contribution in [0.2, 0.25) is 0 Å². The Morgan fingerprint density at radius 2 is 1.92 bits per heavy atom. The Labute approximate surface area is 80.7 Å². The Hall–Kier alpha value is -1.30. The fraction of sp³-hybridized carbons (Fsp3) is 0.231. The topological polar surface area (TPSA) is 0 Å². The first kappa shape index (κ1) is 9.79. The van der Waals surface area contributed by atoms with Gasteiger partial charge in [0.2, 0.25) is 0 Å². The molecule has 13 heavy (non-hydrogen) atoms. The molecule has 0 bridgehead atoms. The van der Waals surface area contributed by atoms with Gasteiger partial charge in [0, 0.05) is 5.92 Å². The summed E-state index contributed by atoms with van der Waals surface area (Å²) in [6.45, 7) is 17.7. The van der Waals surface area contributed by atoms with Gasteiger partial charge in [-0.3, -0.25) is 0 Å². The number of allylic oxidation sites excluding steroid dienone is 6. The Morgan fingerprint density at radius 1 is 1.31 bits per heavy atom. The van der Waals surface area contributed by atoms with Crippen molar-refractivity contribution in [2.75, 3.05) is 0 Å². The molecule has 0 aromatic carbocycles. The average molecular weight is 172 g/mol. The average Bonchev–Trinajstić information content (AvgIpc) is 2.13. The van der Waals surface area contributed by atoms with Crippen molar-refractivity contribution in [2.45, 2.75) is 13.3 Å². The normalized spacial score (nSPS) is 23.3. The van der Waals surface area contributed by atoms with Gasteiger partial charge in [-0.2, -0.15) is 0 Å². The molecule has 1 aliphatic carbocycles. The van der Waals surface area contributed by atoms with E-state index in [2.05, 4.69) is 33.2 Å². The largest absolute Gasteiger partial charge is 0.102 e. The second kappa shape index (κ2) is 3.61. The number of hydrogen-bond acceptors (Lipinski definition) is 0. The van der Waals surface area contributed by atoms with Crippen molar-refractivity contribution in [1.29, 1.82) is 0 Å². The van der Waals surface area contributed by atoms with Crippen LogP contribution in [0.15, 0.2) is 60.8 Å². The van der Waals surface area contributed by atoms with Crippen LogP contribution in [0.1, 0.15) is 13.3 Å². The highest BCUT2D eigenvalue weighted by atomic mass is 14.2. The van der Waals surface area contributed by atoms with E-state index in [4.69, 9.17) is 0 Å². The first-order chi connectivity index (χ1) is 6.11. The van der Waals surface area contributed by atoms with E-state index in [-0.39, 0.29) is 0 Å². The van der Waals surface area contributed by atoms with Crippen LogP contribution in [-0.4, -0.2) is 0 Å². The smallest absolute Gasteiger partial charge is 0.00583 e. The minimum atomic E-state index is 0.371. The van der Waals surface area contributed by atoms with Gasteiger partial charge in [0.25, 0.3) is 0 Å². The van der Waals surface area contributed by atoms with Crippen molar-refractivity contribution in [2.24, 2.45) is 5.92 Å². The van der Waals surface area contributed by atoms with Crippen LogP contribution in [0.5, 0.6) is 0 Å². The van der Waals surface area contributed by atoms with Gasteiger partial charge in [-0.1, -0.05) is 31.9 Å². The van der Waals surface area contributed by atoms with E-state index in [1.54, 1.807) is 0 Å². The van der Waals surface area contributed by atoms with Crippen LogP contribution in [0.4, 0.5) is 0 Å². The maximum absolute atomic E-state index is 4.00. The van der Waals surface area contributed by atoms with Gasteiger partial charge in [0.1, 0.15) is 0 Å². The zero-order chi connectivity index (χ0) is 10.0. The first-order valence-corrected chi connectivity index (χ1v) is 4.45. The first-order valence-electron chi connectivity index (χ1n) is 4.45. The van der Waals surface area contributed by atoms with Crippen molar-refractivity contribution in [3.63, 3.8) is 0 Å². The lowest BCUT2D eigenvalue weighted by Gasteiger charge is -2.26. The molecule has 0 N–H and O–H groups in total. The predicted octanol–water partition coefficient (Wildman–Crippen LogP) is 3.81. The molecule has 0 radical (unpaired) electrons. The van der Waals surface area contributed by atoms with Gasteiger partial charge in [-0.25, -0.2) is 0 Å². The highest BCUT2D eigenvalue weighted by molar-refractivity contribution is 5.52. The Kier molecular flexibility index (Phi) is 2.72. The minimum Gasteiger partial charge on any atom is -0.102 e. The van der Waals surface area contributed by atoms with Crippen LogP contribution in [0.3, 0.4) is 0 Å². The van der Waals surface area contributed by atoms with Crippen molar-refractivity contribution in [3.8, 4) is 0 Å². The second-order valence-electron chi connectivity index (χ2n) is 3.41. The molecule has 0 heterocycles. The lowest BCUT2D eigenvalue weighted by Crippen LogP contribution is -2.11. The van der Waals surface area contributed by atoms with Crippen molar-refractivity contribution < 1.29 is 0 Å². The van der Waals surface area contributed by atoms with Gasteiger partial charge >= 0.3 is 0 Å². The summed E-state index contributed by atoms with van der Waals surface area (Å²) in [6, 6.07) is 0. The van der Waals surface area contributed by atoms with E-state index in [1.807, 2.05) is 12.2 Å². The fourth-order valence-electron chi connectivity index (χ4n) is 1.73. The Bertz CT molecular complexity index is 313. The van der Waals surface area contributed by atoms with Crippen LogP contribution in [0, 0.1) is 5.92 Å². The molecule has 0 spiro atoms. The number of hydrogen-bond donors (Lipinski definition) is 0. The Balaban J connectivity index is 3.21. The van der Waals surface area contributed by atoms with E-state index in [0.717, 1.165) is 17.6 Å². The summed E-state index contributed by atoms with van der Waals surface area (Å²) in [5, 5.41) is 0. The third-order valence-electron chi connectivity index (χ3n) is 2.68. The maximum Gasteiger partial charge on any atom is 0.00583 e. The monoisotopic (exact) mass is 172 g/mol. The molecule has 0 aromatic heterocycles. The molecule has 0 nitrogen and oxygen atoms in total. The minimum absolute atomic E-state index is 0.371. The van der Waals surface area contributed by atoms with E-state index < -0.39 is 0 Å². The van der Waals surface area contributed by atoms with E-state index in [9.17, 15) is 0 Å². The molecule has 0 aliphatic heterocycles. The lowest BCUT2D eigenvalue weighted by atomic mass is 9.78. The Morgan fingerprint density at radius 3 is 2.38 bits per heavy atom. The maximum atomic E-state index is 4.00. The molecular weight excluding hydrogens is 156 g/mol. The quantitative estimate of drug-likeness (QED) is 0.556. The van der Waals surface area contributed by atoms with Crippen LogP contribution >= 0.6 is 0 Å². The third kappa shape index (κ3) is 1.57. The lowest BCUT2D eigenvalue weighted by molar-refractivity contribution is 0.743. The van der Waals surface area contributed by atoms with Crippen LogP contribution < -0.4 is 0 Å². The van der Waals surface area contributed by atoms with Gasteiger partial charge in [0.15, 0.2) is 0 Å². The van der Waals surface area contributed by atoms with E-state index in [0.29, 0.717) is 5.92 Å². The number of rotatable bonds is 2. The molecule has 0 heteroatoms. The zero-order valence-corrected chi connectivity index (χ0v) is 8.27. The van der Waals surface area contributed by atoms with Gasteiger partial charge in [-0.15, -0.1) is 6.58 Å². The van der Waals surface area contributed by atoms with Crippen LogP contribution in [-0.2, 0) is 0 Å². The van der Waals surface area contributed by atoms with Gasteiger partial charge in [0.05, 0.1) is 0 Å². The summed E-state index contributed by atoms with van der Waals surface area (Å²) in [5.74, 6) is 0.371. The summed E-state index contributed by atoms with van der Waals surface area (Å²) in [4.78, 5) is 0. The molecule has 0 aromatic rings. The summed E-state index contributed by atoms with van der Waals surface area (Å²) in [7, 11) is 0. The van der Waals surface area contributed by atoms with Crippen molar-refractivity contribution in [1.82, 2.24) is 0 Å². The van der Waals surface area contributed by atoms with Gasteiger partial charge in [-0.05, 0) is 35.6 Å². The standard InChI is InChI=1S/C13H16/c1-6-12-8-9(3)10(4)11(5)13(12)7-2/h6-7,12H,1-4,8H2,5H3. The molecule has 1 rings (SSSR count). The zero-order valence-electron chi connectivity index (χ0n) is 8.27. The summed E-state index contributed by atoms with van der Waals surface area (Å²) >= 11 is 0. The van der Waals surface area contributed by atoms with E-state index >= 15 is 0 Å². The van der Waals surface area contributed by atoms with Crippen LogP contribution in [0.25, 0.3) is 0 Å².